The quantitative estimate of drug-likeness (QED) is 0.821. The summed E-state index contributed by atoms with van der Waals surface area (Å²) in [5, 5.41) is 3.19. The van der Waals surface area contributed by atoms with Crippen LogP contribution in [0.5, 0.6) is 0 Å². The highest BCUT2D eigenvalue weighted by atomic mass is 16.2. The minimum absolute atomic E-state index is 0.00666. The number of piperidine rings is 2. The highest BCUT2D eigenvalue weighted by Crippen LogP contribution is 2.31. The molecule has 0 aliphatic carbocycles. The van der Waals surface area contributed by atoms with Gasteiger partial charge in [-0.1, -0.05) is 27.2 Å². The average molecular weight is 325 g/mol. The maximum Gasteiger partial charge on any atom is 0.237 e. The van der Waals surface area contributed by atoms with E-state index in [1.807, 2.05) is 20.8 Å². The summed E-state index contributed by atoms with van der Waals surface area (Å²) >= 11 is 0. The Bertz CT molecular complexity index is 390. The van der Waals surface area contributed by atoms with E-state index in [0.717, 1.165) is 32.5 Å². The summed E-state index contributed by atoms with van der Waals surface area (Å²) < 4.78 is 0. The van der Waals surface area contributed by atoms with Crippen LogP contribution in [0, 0.1) is 5.41 Å². The topological polar surface area (TPSA) is 61.6 Å². The zero-order valence-electron chi connectivity index (χ0n) is 15.5. The van der Waals surface area contributed by atoms with E-state index < -0.39 is 6.04 Å². The van der Waals surface area contributed by atoms with Crippen molar-refractivity contribution < 1.29 is 4.79 Å². The predicted octanol–water partition coefficient (Wildman–Crippen LogP) is 1.43. The van der Waals surface area contributed by atoms with Crippen molar-refractivity contribution in [2.75, 3.05) is 39.8 Å². The van der Waals surface area contributed by atoms with Gasteiger partial charge in [0.05, 0.1) is 6.04 Å². The molecule has 0 spiro atoms. The van der Waals surface area contributed by atoms with Crippen molar-refractivity contribution in [1.82, 2.24) is 15.1 Å². The predicted molar refractivity (Wildman–Crippen MR) is 95.3 cm³/mol. The van der Waals surface area contributed by atoms with Crippen LogP contribution in [0.3, 0.4) is 0 Å². The summed E-state index contributed by atoms with van der Waals surface area (Å²) in [6.07, 6.45) is 6.18. The molecule has 2 aliphatic heterocycles. The molecule has 0 bridgehead atoms. The van der Waals surface area contributed by atoms with E-state index in [0.29, 0.717) is 0 Å². The summed E-state index contributed by atoms with van der Waals surface area (Å²) in [4.78, 5) is 17.5. The third-order valence-corrected chi connectivity index (χ3v) is 5.75. The Balaban J connectivity index is 2.02. The minimum Gasteiger partial charge on any atom is -0.353 e. The van der Waals surface area contributed by atoms with Crippen molar-refractivity contribution >= 4 is 5.91 Å². The van der Waals surface area contributed by atoms with Gasteiger partial charge in [-0.15, -0.1) is 0 Å². The molecule has 1 amide bonds. The number of carbonyl (C=O) groups is 1. The molecule has 2 fully saturated rings. The molecule has 2 aliphatic rings. The van der Waals surface area contributed by atoms with E-state index in [9.17, 15) is 4.79 Å². The Morgan fingerprint density at radius 1 is 1.13 bits per heavy atom. The summed E-state index contributed by atoms with van der Waals surface area (Å²) in [6.45, 7) is 11.4. The summed E-state index contributed by atoms with van der Waals surface area (Å²) in [6, 6.07) is -0.452. The Hall–Kier alpha value is -0.650. The molecule has 5 heteroatoms. The van der Waals surface area contributed by atoms with Crippen LogP contribution < -0.4 is 11.1 Å². The molecule has 3 N–H and O–H groups in total. The molecule has 2 rings (SSSR count). The van der Waals surface area contributed by atoms with Gasteiger partial charge in [0.1, 0.15) is 0 Å². The monoisotopic (exact) mass is 324 g/mol. The molecule has 0 aromatic carbocycles. The lowest BCUT2D eigenvalue weighted by Crippen LogP contribution is -2.62. The molecule has 0 radical (unpaired) electrons. The van der Waals surface area contributed by atoms with Crippen LogP contribution in [0.2, 0.25) is 0 Å². The van der Waals surface area contributed by atoms with Gasteiger partial charge in [0.15, 0.2) is 0 Å². The van der Waals surface area contributed by atoms with Crippen LogP contribution in [0.15, 0.2) is 0 Å². The Labute approximate surface area is 142 Å². The van der Waals surface area contributed by atoms with E-state index in [-0.39, 0.29) is 16.9 Å². The van der Waals surface area contributed by atoms with E-state index >= 15 is 0 Å². The molecule has 0 unspecified atom stereocenters. The Morgan fingerprint density at radius 2 is 1.70 bits per heavy atom. The third kappa shape index (κ3) is 4.68. The molecule has 2 saturated heterocycles. The van der Waals surface area contributed by atoms with Gasteiger partial charge in [-0.25, -0.2) is 0 Å². The Morgan fingerprint density at radius 3 is 2.22 bits per heavy atom. The number of nitrogens with one attached hydrogen (secondary N) is 1. The largest absolute Gasteiger partial charge is 0.353 e. The van der Waals surface area contributed by atoms with E-state index in [2.05, 4.69) is 22.2 Å². The SMILES string of the molecule is CN1CCC(CNC(=O)[C@@H](N)C(C)(C)C)(N2CCCCC2)CC1. The van der Waals surface area contributed by atoms with Crippen LogP contribution >= 0.6 is 0 Å². The normalized spacial score (nSPS) is 25.1. The van der Waals surface area contributed by atoms with Crippen molar-refractivity contribution in [3.05, 3.63) is 0 Å². The van der Waals surface area contributed by atoms with Gasteiger partial charge < -0.3 is 16.0 Å². The molecule has 5 nitrogen and oxygen atoms in total. The van der Waals surface area contributed by atoms with Crippen molar-refractivity contribution in [2.24, 2.45) is 11.1 Å². The molecule has 23 heavy (non-hydrogen) atoms. The number of hydrogen-bond acceptors (Lipinski definition) is 4. The molecule has 1 atom stereocenters. The van der Waals surface area contributed by atoms with Crippen molar-refractivity contribution in [2.45, 2.75) is 64.5 Å². The number of hydrogen-bond donors (Lipinski definition) is 2. The number of likely N-dealkylation sites (tertiary alicyclic amines) is 2. The van der Waals surface area contributed by atoms with Gasteiger partial charge in [0.2, 0.25) is 5.91 Å². The number of nitrogens with two attached hydrogens (primary N) is 1. The second-order valence-electron chi connectivity index (χ2n) is 8.64. The highest BCUT2D eigenvalue weighted by Gasteiger charge is 2.40. The highest BCUT2D eigenvalue weighted by molar-refractivity contribution is 5.82. The van der Waals surface area contributed by atoms with E-state index in [4.69, 9.17) is 5.73 Å². The van der Waals surface area contributed by atoms with Gasteiger partial charge in [-0.2, -0.15) is 0 Å². The van der Waals surface area contributed by atoms with E-state index in [1.165, 1.54) is 32.4 Å². The van der Waals surface area contributed by atoms with Gasteiger partial charge in [0, 0.05) is 12.1 Å². The fraction of sp³-hybridized carbons (Fsp3) is 0.944. The van der Waals surface area contributed by atoms with Crippen LogP contribution in [-0.2, 0) is 4.79 Å². The smallest absolute Gasteiger partial charge is 0.237 e. The zero-order valence-corrected chi connectivity index (χ0v) is 15.5. The van der Waals surface area contributed by atoms with Gasteiger partial charge in [-0.05, 0) is 64.3 Å². The fourth-order valence-corrected chi connectivity index (χ4v) is 3.76. The number of rotatable bonds is 4. The minimum atomic E-state index is -0.452. The van der Waals surface area contributed by atoms with Gasteiger partial charge in [0.25, 0.3) is 0 Å². The standard InChI is InChI=1S/C18H36N4O/c1-17(2,3)15(19)16(23)20-14-18(8-12-21(4)13-9-18)22-10-6-5-7-11-22/h15H,5-14,19H2,1-4H3,(H,20,23)/t15-/m1/s1. The van der Waals surface area contributed by atoms with Crippen molar-refractivity contribution in [3.63, 3.8) is 0 Å². The van der Waals surface area contributed by atoms with Gasteiger partial charge in [-0.3, -0.25) is 9.69 Å². The number of nitrogens with zero attached hydrogens (tertiary/aromatic N) is 2. The number of amides is 1. The first-order valence-corrected chi connectivity index (χ1v) is 9.21. The average Bonchev–Trinajstić information content (AvgIpc) is 2.53. The first-order valence-electron chi connectivity index (χ1n) is 9.21. The lowest BCUT2D eigenvalue weighted by atomic mass is 9.83. The molecule has 0 aromatic heterocycles. The molecule has 0 aromatic rings. The summed E-state index contributed by atoms with van der Waals surface area (Å²) in [7, 11) is 2.19. The van der Waals surface area contributed by atoms with Crippen LogP contribution in [0.4, 0.5) is 0 Å². The second kappa shape index (κ2) is 7.49. The zero-order chi connectivity index (χ0) is 17.1. The van der Waals surface area contributed by atoms with E-state index in [1.54, 1.807) is 0 Å². The first kappa shape index (κ1) is 18.7. The first-order chi connectivity index (χ1) is 10.7. The molecular weight excluding hydrogens is 288 g/mol. The lowest BCUT2D eigenvalue weighted by Gasteiger charge is -2.50. The van der Waals surface area contributed by atoms with Crippen molar-refractivity contribution in [1.29, 1.82) is 0 Å². The number of carbonyl (C=O) groups excluding carboxylic acids is 1. The van der Waals surface area contributed by atoms with Gasteiger partial charge >= 0.3 is 0 Å². The fourth-order valence-electron chi connectivity index (χ4n) is 3.76. The Kier molecular flexibility index (Phi) is 6.09. The summed E-state index contributed by atoms with van der Waals surface area (Å²) in [5.41, 5.74) is 6.05. The van der Waals surface area contributed by atoms with Crippen LogP contribution in [0.1, 0.15) is 52.9 Å². The maximum absolute atomic E-state index is 12.5. The molecular formula is C18H36N4O. The van der Waals surface area contributed by atoms with Crippen LogP contribution in [-0.4, -0.2) is 67.1 Å². The molecule has 134 valence electrons. The lowest BCUT2D eigenvalue weighted by molar-refractivity contribution is -0.125. The van der Waals surface area contributed by atoms with Crippen molar-refractivity contribution in [3.8, 4) is 0 Å². The summed E-state index contributed by atoms with van der Waals surface area (Å²) in [5.74, 6) is -0.00666. The molecule has 2 heterocycles. The third-order valence-electron chi connectivity index (χ3n) is 5.75. The maximum atomic E-state index is 12.5. The molecule has 0 saturated carbocycles. The second-order valence-corrected chi connectivity index (χ2v) is 8.64. The van der Waals surface area contributed by atoms with Crippen LogP contribution in [0.25, 0.3) is 0 Å².